The second kappa shape index (κ2) is 10.9. The van der Waals surface area contributed by atoms with Crippen molar-refractivity contribution in [3.05, 3.63) is 64.7 Å². The van der Waals surface area contributed by atoms with E-state index in [1.165, 1.54) is 23.9 Å². The first-order valence-corrected chi connectivity index (χ1v) is 10.7. The van der Waals surface area contributed by atoms with Crippen molar-refractivity contribution in [2.24, 2.45) is 5.73 Å². The summed E-state index contributed by atoms with van der Waals surface area (Å²) in [6.07, 6.45) is 1.56. The monoisotopic (exact) mass is 465 g/mol. The number of nitrogens with zero attached hydrogens (tertiary/aromatic N) is 3. The van der Waals surface area contributed by atoms with Crippen LogP contribution in [0.2, 0.25) is 5.02 Å². The van der Waals surface area contributed by atoms with Crippen molar-refractivity contribution in [1.29, 1.82) is 0 Å². The third-order valence-electron chi connectivity index (χ3n) is 3.98. The van der Waals surface area contributed by atoms with Crippen LogP contribution in [0.4, 0.5) is 4.39 Å². The fourth-order valence-electron chi connectivity index (χ4n) is 2.61. The van der Waals surface area contributed by atoms with E-state index in [0.717, 1.165) is 11.1 Å². The largest absolute Gasteiger partial charge is 0.490 e. The SMILES string of the molecule is CCOc1cc(CNn2cnnc2SCc2ccc(F)cc2)cc(Cl)c1OCC(N)=O. The first kappa shape index (κ1) is 22.7. The predicted octanol–water partition coefficient (Wildman–Crippen LogP) is 3.37. The molecule has 1 aromatic heterocycles. The first-order chi connectivity index (χ1) is 15.0. The molecule has 0 radical (unpaired) electrons. The molecule has 1 amide bonds. The molecular weight excluding hydrogens is 445 g/mol. The highest BCUT2D eigenvalue weighted by atomic mass is 35.5. The van der Waals surface area contributed by atoms with Crippen LogP contribution in [0, 0.1) is 5.82 Å². The summed E-state index contributed by atoms with van der Waals surface area (Å²) in [4.78, 5) is 11.0. The number of benzene rings is 2. The Balaban J connectivity index is 1.66. The Morgan fingerprint density at radius 2 is 2.03 bits per heavy atom. The molecule has 0 fully saturated rings. The van der Waals surface area contributed by atoms with E-state index >= 15 is 0 Å². The van der Waals surface area contributed by atoms with Gasteiger partial charge in [-0.3, -0.25) is 4.79 Å². The summed E-state index contributed by atoms with van der Waals surface area (Å²) in [6, 6.07) is 9.80. The molecule has 11 heteroatoms. The van der Waals surface area contributed by atoms with Crippen molar-refractivity contribution in [3.8, 4) is 11.5 Å². The van der Waals surface area contributed by atoms with Crippen molar-refractivity contribution in [2.45, 2.75) is 24.4 Å². The summed E-state index contributed by atoms with van der Waals surface area (Å²) in [5.74, 6) is 0.429. The van der Waals surface area contributed by atoms with Gasteiger partial charge in [-0.15, -0.1) is 10.2 Å². The minimum absolute atomic E-state index is 0.269. The first-order valence-electron chi connectivity index (χ1n) is 9.33. The molecule has 1 heterocycles. The summed E-state index contributed by atoms with van der Waals surface area (Å²) in [7, 11) is 0. The average Bonchev–Trinajstić information content (AvgIpc) is 3.18. The van der Waals surface area contributed by atoms with Crippen LogP contribution in [0.5, 0.6) is 11.5 Å². The molecule has 3 N–H and O–H groups in total. The van der Waals surface area contributed by atoms with Crippen LogP contribution in [0.15, 0.2) is 47.9 Å². The molecule has 2 aromatic carbocycles. The molecule has 31 heavy (non-hydrogen) atoms. The van der Waals surface area contributed by atoms with Gasteiger partial charge in [0.2, 0.25) is 5.16 Å². The van der Waals surface area contributed by atoms with E-state index in [4.69, 9.17) is 26.8 Å². The van der Waals surface area contributed by atoms with Crippen LogP contribution < -0.4 is 20.6 Å². The van der Waals surface area contributed by atoms with Crippen LogP contribution in [-0.2, 0) is 17.1 Å². The number of carbonyl (C=O) groups excluding carboxylic acids is 1. The van der Waals surface area contributed by atoms with Gasteiger partial charge in [0.05, 0.1) is 18.2 Å². The summed E-state index contributed by atoms with van der Waals surface area (Å²) in [6.45, 7) is 2.33. The van der Waals surface area contributed by atoms with Gasteiger partial charge >= 0.3 is 0 Å². The zero-order valence-corrected chi connectivity index (χ0v) is 18.3. The Bertz CT molecular complexity index is 1030. The van der Waals surface area contributed by atoms with Gasteiger partial charge in [0.25, 0.3) is 5.91 Å². The number of halogens is 2. The molecule has 0 aliphatic heterocycles. The Morgan fingerprint density at radius 1 is 1.26 bits per heavy atom. The molecule has 0 atom stereocenters. The van der Waals surface area contributed by atoms with E-state index in [1.807, 2.05) is 6.92 Å². The maximum atomic E-state index is 13.0. The highest BCUT2D eigenvalue weighted by Crippen LogP contribution is 2.36. The molecule has 0 unspecified atom stereocenters. The summed E-state index contributed by atoms with van der Waals surface area (Å²) in [5, 5.41) is 9.00. The van der Waals surface area contributed by atoms with Gasteiger partial charge in [0.1, 0.15) is 12.1 Å². The minimum Gasteiger partial charge on any atom is -0.490 e. The zero-order valence-electron chi connectivity index (χ0n) is 16.7. The normalized spacial score (nSPS) is 10.7. The van der Waals surface area contributed by atoms with Crippen molar-refractivity contribution in [1.82, 2.24) is 14.9 Å². The second-order valence-electron chi connectivity index (χ2n) is 6.33. The maximum Gasteiger partial charge on any atom is 0.255 e. The number of thioether (sulfide) groups is 1. The topological polar surface area (TPSA) is 104 Å². The smallest absolute Gasteiger partial charge is 0.255 e. The van der Waals surface area contributed by atoms with Crippen LogP contribution in [0.1, 0.15) is 18.1 Å². The number of hydrogen-bond donors (Lipinski definition) is 2. The number of ether oxygens (including phenoxy) is 2. The standard InChI is InChI=1S/C20H21ClFN5O3S/c1-2-29-17-8-14(7-16(21)19(17)30-10-18(23)28)9-25-27-12-24-26-20(27)31-11-13-3-5-15(22)6-4-13/h3-8,12,25H,2,9-11H2,1H3,(H2,23,28). The van der Waals surface area contributed by atoms with Gasteiger partial charge in [0.15, 0.2) is 18.1 Å². The Hall–Kier alpha value is -2.98. The summed E-state index contributed by atoms with van der Waals surface area (Å²) < 4.78 is 25.7. The number of rotatable bonds is 11. The molecule has 0 aliphatic carbocycles. The zero-order chi connectivity index (χ0) is 22.2. The summed E-state index contributed by atoms with van der Waals surface area (Å²) in [5.41, 5.74) is 10.1. The molecule has 0 bridgehead atoms. The van der Waals surface area contributed by atoms with Gasteiger partial charge in [-0.05, 0) is 42.3 Å². The van der Waals surface area contributed by atoms with E-state index in [0.29, 0.717) is 34.8 Å². The molecule has 0 saturated heterocycles. The third kappa shape index (κ3) is 6.50. The average molecular weight is 466 g/mol. The van der Waals surface area contributed by atoms with Crippen molar-refractivity contribution in [2.75, 3.05) is 18.6 Å². The molecule has 8 nitrogen and oxygen atoms in total. The fraction of sp³-hybridized carbons (Fsp3) is 0.250. The van der Waals surface area contributed by atoms with Gasteiger partial charge in [-0.2, -0.15) is 0 Å². The molecule has 164 valence electrons. The predicted molar refractivity (Wildman–Crippen MR) is 116 cm³/mol. The molecule has 3 rings (SSSR count). The van der Waals surface area contributed by atoms with E-state index in [9.17, 15) is 9.18 Å². The molecule has 0 aliphatic rings. The number of primary amides is 1. The Labute approximate surface area is 187 Å². The molecule has 0 spiro atoms. The lowest BCUT2D eigenvalue weighted by molar-refractivity contribution is -0.119. The van der Waals surface area contributed by atoms with Gasteiger partial charge in [-0.25, -0.2) is 9.07 Å². The van der Waals surface area contributed by atoms with E-state index in [2.05, 4.69) is 15.6 Å². The summed E-state index contributed by atoms with van der Waals surface area (Å²) >= 11 is 7.79. The number of aromatic nitrogens is 3. The number of amides is 1. The number of hydrogen-bond acceptors (Lipinski definition) is 7. The van der Waals surface area contributed by atoms with Gasteiger partial charge < -0.3 is 20.6 Å². The lowest BCUT2D eigenvalue weighted by Crippen LogP contribution is -2.20. The quantitative estimate of drug-likeness (QED) is 0.418. The Kier molecular flexibility index (Phi) is 7.96. The van der Waals surface area contributed by atoms with Crippen molar-refractivity contribution >= 4 is 29.3 Å². The lowest BCUT2D eigenvalue weighted by Gasteiger charge is -2.15. The molecule has 0 saturated carbocycles. The maximum absolute atomic E-state index is 13.0. The molecule has 3 aromatic rings. The fourth-order valence-corrected chi connectivity index (χ4v) is 3.74. The van der Waals surface area contributed by atoms with Crippen LogP contribution in [-0.4, -0.2) is 34.0 Å². The van der Waals surface area contributed by atoms with Crippen molar-refractivity contribution in [3.63, 3.8) is 0 Å². The second-order valence-corrected chi connectivity index (χ2v) is 7.68. The highest BCUT2D eigenvalue weighted by molar-refractivity contribution is 7.98. The van der Waals surface area contributed by atoms with Crippen LogP contribution in [0.3, 0.4) is 0 Å². The van der Waals surface area contributed by atoms with E-state index < -0.39 is 5.91 Å². The Morgan fingerprint density at radius 3 is 2.74 bits per heavy atom. The van der Waals surface area contributed by atoms with Crippen LogP contribution in [0.25, 0.3) is 0 Å². The number of nitrogens with one attached hydrogen (secondary N) is 1. The minimum atomic E-state index is -0.609. The van der Waals surface area contributed by atoms with Gasteiger partial charge in [-0.1, -0.05) is 35.5 Å². The number of nitrogens with two attached hydrogens (primary N) is 1. The third-order valence-corrected chi connectivity index (χ3v) is 5.27. The molecular formula is C20H21ClFN5O3S. The highest BCUT2D eigenvalue weighted by Gasteiger charge is 2.14. The van der Waals surface area contributed by atoms with Crippen molar-refractivity contribution < 1.29 is 18.7 Å². The van der Waals surface area contributed by atoms with E-state index in [-0.39, 0.29) is 18.2 Å². The van der Waals surface area contributed by atoms with Crippen LogP contribution >= 0.6 is 23.4 Å². The van der Waals surface area contributed by atoms with E-state index in [1.54, 1.807) is 35.3 Å². The van der Waals surface area contributed by atoms with Gasteiger partial charge in [0, 0.05) is 5.75 Å². The lowest BCUT2D eigenvalue weighted by atomic mass is 10.2. The number of carbonyl (C=O) groups is 1.